The number of nitrogens with one attached hydrogen (secondary N) is 3. The van der Waals surface area contributed by atoms with E-state index in [1.165, 1.54) is 29.2 Å². The van der Waals surface area contributed by atoms with Gasteiger partial charge in [0, 0.05) is 32.1 Å². The highest BCUT2D eigenvalue weighted by Gasteiger charge is 2.24. The van der Waals surface area contributed by atoms with E-state index in [-0.39, 0.29) is 11.6 Å². The van der Waals surface area contributed by atoms with Crippen molar-refractivity contribution in [3.8, 4) is 11.3 Å². The van der Waals surface area contributed by atoms with Gasteiger partial charge in [-0.1, -0.05) is 108 Å². The summed E-state index contributed by atoms with van der Waals surface area (Å²) in [6.07, 6.45) is 1.54. The molecule has 3 amide bonds. The first-order chi connectivity index (χ1) is 24.3. The molecular weight excluding hydrogens is 684 g/mol. The van der Waals surface area contributed by atoms with Crippen LogP contribution in [0.25, 0.3) is 17.3 Å². The maximum Gasteiger partial charge on any atom is 0.272 e. The number of thioether (sulfide) groups is 1. The van der Waals surface area contributed by atoms with E-state index < -0.39 is 17.1 Å². The fourth-order valence-electron chi connectivity index (χ4n) is 4.90. The molecule has 0 aliphatic carbocycles. The van der Waals surface area contributed by atoms with Crippen LogP contribution in [-0.2, 0) is 9.59 Å². The molecule has 3 N–H and O–H groups in total. The summed E-state index contributed by atoms with van der Waals surface area (Å²) in [5.74, 6) is -1.16. The number of carbonyl (C=O) groups is 3. The van der Waals surface area contributed by atoms with E-state index in [1.54, 1.807) is 60.7 Å². The average Bonchev–Trinajstić information content (AvgIpc) is 3.61. The van der Waals surface area contributed by atoms with Crippen LogP contribution in [0, 0.1) is 6.92 Å². The quantitative estimate of drug-likeness (QED) is 0.0917. The predicted octanol–water partition coefficient (Wildman–Crippen LogP) is 9.65. The zero-order valence-corrected chi connectivity index (χ0v) is 29.2. The smallest absolute Gasteiger partial charge is 0.272 e. The summed E-state index contributed by atoms with van der Waals surface area (Å²) in [7, 11) is 0. The van der Waals surface area contributed by atoms with Crippen molar-refractivity contribution in [2.75, 3.05) is 10.6 Å². The SMILES string of the molecule is Cc1ccc(-c2csc(NC(=O)C(Sc3ccc(NC(=O)/C(=C/c4ccccc4Cl)NC(=O)c4ccccc4)cc3)c3ccccc3)n2)cc1. The Morgan fingerprint density at radius 3 is 2.14 bits per heavy atom. The van der Waals surface area contributed by atoms with Crippen molar-refractivity contribution in [1.82, 2.24) is 10.3 Å². The normalized spacial score (nSPS) is 11.8. The molecule has 0 radical (unpaired) electrons. The minimum atomic E-state index is -0.568. The third-order valence-electron chi connectivity index (χ3n) is 7.52. The zero-order valence-electron chi connectivity index (χ0n) is 26.8. The second-order valence-electron chi connectivity index (χ2n) is 11.2. The molecule has 0 spiro atoms. The van der Waals surface area contributed by atoms with Gasteiger partial charge in [0.05, 0.1) is 5.69 Å². The van der Waals surface area contributed by atoms with Gasteiger partial charge in [-0.2, -0.15) is 0 Å². The van der Waals surface area contributed by atoms with Gasteiger partial charge in [-0.3, -0.25) is 14.4 Å². The van der Waals surface area contributed by atoms with Crippen LogP contribution in [0.5, 0.6) is 0 Å². The van der Waals surface area contributed by atoms with Crippen molar-refractivity contribution < 1.29 is 14.4 Å². The van der Waals surface area contributed by atoms with Gasteiger partial charge in [0.25, 0.3) is 11.8 Å². The van der Waals surface area contributed by atoms with Gasteiger partial charge in [-0.15, -0.1) is 23.1 Å². The Kier molecular flexibility index (Phi) is 11.2. The zero-order chi connectivity index (χ0) is 34.9. The van der Waals surface area contributed by atoms with Crippen LogP contribution in [0.2, 0.25) is 5.02 Å². The molecule has 7 nitrogen and oxygen atoms in total. The maximum atomic E-state index is 13.7. The van der Waals surface area contributed by atoms with Crippen LogP contribution in [0.15, 0.2) is 149 Å². The number of carbonyl (C=O) groups excluding carboxylic acids is 3. The van der Waals surface area contributed by atoms with Crippen molar-refractivity contribution in [3.05, 3.63) is 172 Å². The molecule has 0 saturated carbocycles. The van der Waals surface area contributed by atoms with E-state index in [1.807, 2.05) is 85.1 Å². The van der Waals surface area contributed by atoms with Crippen LogP contribution in [0.1, 0.15) is 32.3 Å². The van der Waals surface area contributed by atoms with Crippen LogP contribution in [-0.4, -0.2) is 22.7 Å². The average molecular weight is 715 g/mol. The van der Waals surface area contributed by atoms with Crippen molar-refractivity contribution in [1.29, 1.82) is 0 Å². The molecule has 6 aromatic rings. The van der Waals surface area contributed by atoms with Gasteiger partial charge in [0.15, 0.2) is 5.13 Å². The Bertz CT molecular complexity index is 2140. The van der Waals surface area contributed by atoms with Crippen LogP contribution >= 0.6 is 34.7 Å². The highest BCUT2D eigenvalue weighted by atomic mass is 35.5. The van der Waals surface area contributed by atoms with E-state index >= 15 is 0 Å². The van der Waals surface area contributed by atoms with Crippen LogP contribution < -0.4 is 16.0 Å². The fraction of sp³-hybridized carbons (Fsp3) is 0.0500. The maximum absolute atomic E-state index is 13.7. The fourth-order valence-corrected chi connectivity index (χ4v) is 6.84. The molecule has 248 valence electrons. The van der Waals surface area contributed by atoms with Gasteiger partial charge >= 0.3 is 0 Å². The standard InChI is InChI=1S/C40H31ClN4O3S2/c1-26-16-18-27(19-17-26)35-25-49-40(44-35)45-39(48)36(28-10-4-2-5-11-28)50-32-22-20-31(21-23-32)42-38(47)34(24-30-14-8-9-15-33(30)41)43-37(46)29-12-6-3-7-13-29/h2-25,36H,1H3,(H,42,47)(H,43,46)(H,44,45,48)/b34-24-. The van der Waals surface area contributed by atoms with Crippen LogP contribution in [0.4, 0.5) is 10.8 Å². The predicted molar refractivity (Wildman–Crippen MR) is 204 cm³/mol. The number of hydrogen-bond acceptors (Lipinski definition) is 6. The Morgan fingerprint density at radius 2 is 1.44 bits per heavy atom. The Labute approximate surface area is 303 Å². The van der Waals surface area contributed by atoms with E-state index in [9.17, 15) is 14.4 Å². The Balaban J connectivity index is 1.17. The van der Waals surface area contributed by atoms with E-state index in [0.717, 1.165) is 27.3 Å². The molecule has 1 heterocycles. The third kappa shape index (κ3) is 8.95. The van der Waals surface area contributed by atoms with Gasteiger partial charge in [0.2, 0.25) is 5.91 Å². The monoisotopic (exact) mass is 714 g/mol. The van der Waals surface area contributed by atoms with E-state index in [0.29, 0.717) is 27.0 Å². The number of rotatable bonds is 11. The van der Waals surface area contributed by atoms with Crippen molar-refractivity contribution in [2.24, 2.45) is 0 Å². The Morgan fingerprint density at radius 1 is 0.780 bits per heavy atom. The lowest BCUT2D eigenvalue weighted by Gasteiger charge is -2.17. The summed E-state index contributed by atoms with van der Waals surface area (Å²) in [4.78, 5) is 45.7. The summed E-state index contributed by atoms with van der Waals surface area (Å²) in [6, 6.07) is 40.5. The molecule has 0 aliphatic heterocycles. The molecule has 10 heteroatoms. The minimum absolute atomic E-state index is 0.0268. The number of thiazole rings is 1. The molecule has 1 aromatic heterocycles. The van der Waals surface area contributed by atoms with Crippen molar-refractivity contribution in [2.45, 2.75) is 17.1 Å². The third-order valence-corrected chi connectivity index (χ3v) is 9.89. The number of nitrogens with zero attached hydrogens (tertiary/aromatic N) is 1. The second kappa shape index (κ2) is 16.3. The highest BCUT2D eigenvalue weighted by Crippen LogP contribution is 2.37. The topological polar surface area (TPSA) is 100 Å². The molecular formula is C40H31ClN4O3S2. The van der Waals surface area contributed by atoms with Crippen molar-refractivity contribution >= 4 is 69.3 Å². The van der Waals surface area contributed by atoms with Gasteiger partial charge in [-0.05, 0) is 66.6 Å². The summed E-state index contributed by atoms with van der Waals surface area (Å²) in [6.45, 7) is 2.04. The van der Waals surface area contributed by atoms with E-state index in [4.69, 9.17) is 11.6 Å². The first kappa shape index (κ1) is 34.4. The summed E-state index contributed by atoms with van der Waals surface area (Å²) in [5, 5.41) is 10.9. The summed E-state index contributed by atoms with van der Waals surface area (Å²) in [5.41, 5.74) is 5.31. The number of halogens is 1. The molecule has 0 saturated heterocycles. The summed E-state index contributed by atoms with van der Waals surface area (Å²) < 4.78 is 0. The molecule has 1 unspecified atom stereocenters. The number of aromatic nitrogens is 1. The first-order valence-corrected chi connectivity index (χ1v) is 17.8. The lowest BCUT2D eigenvalue weighted by Crippen LogP contribution is -2.30. The van der Waals surface area contributed by atoms with Gasteiger partial charge < -0.3 is 16.0 Å². The lowest BCUT2D eigenvalue weighted by molar-refractivity contribution is -0.116. The number of hydrogen-bond donors (Lipinski definition) is 3. The van der Waals surface area contributed by atoms with Crippen LogP contribution in [0.3, 0.4) is 0 Å². The van der Waals surface area contributed by atoms with Gasteiger partial charge in [0.1, 0.15) is 10.9 Å². The Hall–Kier alpha value is -5.48. The van der Waals surface area contributed by atoms with Crippen molar-refractivity contribution in [3.63, 3.8) is 0 Å². The lowest BCUT2D eigenvalue weighted by atomic mass is 10.1. The molecule has 1 atom stereocenters. The molecule has 6 rings (SSSR count). The number of anilines is 2. The minimum Gasteiger partial charge on any atom is -0.321 e. The number of benzene rings is 5. The van der Waals surface area contributed by atoms with Gasteiger partial charge in [-0.25, -0.2) is 4.98 Å². The largest absolute Gasteiger partial charge is 0.321 e. The number of aryl methyl sites for hydroxylation is 1. The first-order valence-electron chi connectivity index (χ1n) is 15.6. The van der Waals surface area contributed by atoms with E-state index in [2.05, 4.69) is 20.9 Å². The molecule has 0 fully saturated rings. The number of amides is 3. The highest BCUT2D eigenvalue weighted by molar-refractivity contribution is 8.00. The molecule has 50 heavy (non-hydrogen) atoms. The molecule has 0 bridgehead atoms. The molecule has 5 aromatic carbocycles. The molecule has 0 aliphatic rings. The summed E-state index contributed by atoms with van der Waals surface area (Å²) >= 11 is 9.13. The second-order valence-corrected chi connectivity index (χ2v) is 13.6.